The van der Waals surface area contributed by atoms with Crippen LogP contribution in [0.2, 0.25) is 23.2 Å². The lowest BCUT2D eigenvalue weighted by atomic mass is 9.94. The predicted molar refractivity (Wildman–Crippen MR) is 181 cm³/mol. The molecule has 0 aromatic heterocycles. The fourth-order valence-electron chi connectivity index (χ4n) is 7.20. The van der Waals surface area contributed by atoms with E-state index in [0.29, 0.717) is 12.5 Å². The van der Waals surface area contributed by atoms with Gasteiger partial charge in [-0.05, 0) is 71.2 Å². The Morgan fingerprint density at radius 3 is 2.02 bits per heavy atom. The first-order valence-corrected chi connectivity index (χ1v) is 21.0. The summed E-state index contributed by atoms with van der Waals surface area (Å²) in [5, 5.41) is 2.63. The van der Waals surface area contributed by atoms with Gasteiger partial charge in [0, 0.05) is 19.1 Å². The molecular formula is C36H56O4Si2. The SMILES string of the molecule is CC[Si](CC)(CC)O[C@H](CCO[Si](c1ccccc1)(c1ccccc1)C(C)(C)C)[C@H](C)CC1CCC2(C=CCCO2)O1. The van der Waals surface area contributed by atoms with Crippen LogP contribution in [-0.2, 0) is 18.3 Å². The lowest BCUT2D eigenvalue weighted by Gasteiger charge is -2.44. The van der Waals surface area contributed by atoms with Crippen LogP contribution in [-0.4, -0.2) is 47.8 Å². The maximum Gasteiger partial charge on any atom is 0.261 e. The molecule has 2 aliphatic heterocycles. The molecular weight excluding hydrogens is 553 g/mol. The molecule has 6 heteroatoms. The van der Waals surface area contributed by atoms with E-state index in [4.69, 9.17) is 18.3 Å². The van der Waals surface area contributed by atoms with E-state index in [0.717, 1.165) is 56.8 Å². The molecule has 0 aliphatic carbocycles. The molecule has 4 rings (SSSR count). The molecule has 42 heavy (non-hydrogen) atoms. The summed E-state index contributed by atoms with van der Waals surface area (Å²) in [7, 11) is -4.41. The Morgan fingerprint density at radius 1 is 0.929 bits per heavy atom. The summed E-state index contributed by atoms with van der Waals surface area (Å²) in [6, 6.07) is 25.4. The van der Waals surface area contributed by atoms with Crippen molar-refractivity contribution >= 4 is 27.0 Å². The Morgan fingerprint density at radius 2 is 1.52 bits per heavy atom. The highest BCUT2D eigenvalue weighted by molar-refractivity contribution is 6.99. The van der Waals surface area contributed by atoms with Gasteiger partial charge in [-0.25, -0.2) is 0 Å². The molecule has 1 fully saturated rings. The van der Waals surface area contributed by atoms with Crippen molar-refractivity contribution in [2.24, 2.45) is 5.92 Å². The highest BCUT2D eigenvalue weighted by Gasteiger charge is 2.50. The van der Waals surface area contributed by atoms with Crippen molar-refractivity contribution in [2.45, 2.75) is 122 Å². The van der Waals surface area contributed by atoms with Crippen LogP contribution >= 0.6 is 0 Å². The smallest absolute Gasteiger partial charge is 0.261 e. The second-order valence-electron chi connectivity index (χ2n) is 13.5. The standard InChI is InChI=1S/C36H56O4Si2/c1-8-41(9-2,10-3)40-34(30(4)29-31-23-26-36(39-31)25-17-18-27-37-36)24-28-38-42(35(5,6)7,32-19-13-11-14-20-32)33-21-15-12-16-22-33/h11-17,19-22,25,30-31,34H,8-10,18,23-24,26-29H2,1-7H3/t30-,31?,34-,36?/m1/s1. The molecule has 2 aliphatic rings. The summed E-state index contributed by atoms with van der Waals surface area (Å²) in [6.45, 7) is 17.9. The van der Waals surface area contributed by atoms with Crippen molar-refractivity contribution in [1.82, 2.24) is 0 Å². The molecule has 1 spiro atoms. The van der Waals surface area contributed by atoms with Gasteiger partial charge in [0.25, 0.3) is 8.32 Å². The van der Waals surface area contributed by atoms with E-state index in [9.17, 15) is 0 Å². The maximum atomic E-state index is 7.34. The van der Waals surface area contributed by atoms with Crippen molar-refractivity contribution < 1.29 is 18.3 Å². The van der Waals surface area contributed by atoms with E-state index >= 15 is 0 Å². The van der Waals surface area contributed by atoms with E-state index in [1.54, 1.807) is 0 Å². The number of benzene rings is 2. The van der Waals surface area contributed by atoms with Crippen molar-refractivity contribution in [3.05, 3.63) is 72.8 Å². The van der Waals surface area contributed by atoms with Crippen LogP contribution in [0.15, 0.2) is 72.8 Å². The molecule has 0 saturated carbocycles. The van der Waals surface area contributed by atoms with Gasteiger partial charge in [-0.15, -0.1) is 0 Å². The zero-order valence-corrected chi connectivity index (χ0v) is 29.4. The van der Waals surface area contributed by atoms with Crippen LogP contribution in [0.4, 0.5) is 0 Å². The van der Waals surface area contributed by atoms with Gasteiger partial charge in [-0.1, -0.05) is 115 Å². The molecule has 2 unspecified atom stereocenters. The highest BCUT2D eigenvalue weighted by atomic mass is 28.4. The van der Waals surface area contributed by atoms with Crippen molar-refractivity contribution in [2.75, 3.05) is 13.2 Å². The van der Waals surface area contributed by atoms with Gasteiger partial charge in [0.05, 0.1) is 12.7 Å². The first kappa shape index (κ1) is 33.3. The van der Waals surface area contributed by atoms with E-state index in [2.05, 4.69) is 121 Å². The Bertz CT molecular complexity index is 1060. The Hall–Kier alpha value is -1.55. The van der Waals surface area contributed by atoms with Crippen molar-refractivity contribution in [1.29, 1.82) is 0 Å². The summed E-state index contributed by atoms with van der Waals surface area (Å²) in [5.41, 5.74) is 0. The molecule has 2 heterocycles. The molecule has 1 saturated heterocycles. The van der Waals surface area contributed by atoms with Crippen LogP contribution in [0.3, 0.4) is 0 Å². The third-order valence-corrected chi connectivity index (χ3v) is 19.6. The minimum atomic E-state index is -2.59. The van der Waals surface area contributed by atoms with Crippen molar-refractivity contribution in [3.8, 4) is 0 Å². The third-order valence-electron chi connectivity index (χ3n) is 9.93. The number of rotatable bonds is 14. The van der Waals surface area contributed by atoms with Gasteiger partial charge < -0.3 is 18.3 Å². The topological polar surface area (TPSA) is 36.9 Å². The van der Waals surface area contributed by atoms with Crippen molar-refractivity contribution in [3.63, 3.8) is 0 Å². The molecule has 0 N–H and O–H groups in total. The molecule has 2 aromatic carbocycles. The summed E-state index contributed by atoms with van der Waals surface area (Å²) in [6.07, 6.45) is 9.57. The minimum Gasteiger partial charge on any atom is -0.414 e. The fraction of sp³-hybridized carbons (Fsp3) is 0.611. The van der Waals surface area contributed by atoms with Gasteiger partial charge >= 0.3 is 0 Å². The molecule has 0 radical (unpaired) electrons. The Labute approximate surface area is 258 Å². The molecule has 4 atom stereocenters. The summed E-state index contributed by atoms with van der Waals surface area (Å²) in [5.74, 6) is -0.128. The van der Waals surface area contributed by atoms with Crippen LogP contribution in [0, 0.1) is 5.92 Å². The molecule has 2 aromatic rings. The first-order valence-electron chi connectivity index (χ1n) is 16.5. The van der Waals surface area contributed by atoms with E-state index in [1.165, 1.54) is 10.4 Å². The molecule has 232 valence electrons. The minimum absolute atomic E-state index is 0.0358. The first-order chi connectivity index (χ1) is 20.1. The van der Waals surface area contributed by atoms with Crippen LogP contribution in [0.25, 0.3) is 0 Å². The lowest BCUT2D eigenvalue weighted by molar-refractivity contribution is -0.200. The monoisotopic (exact) mass is 608 g/mol. The van der Waals surface area contributed by atoms with Gasteiger partial charge in [-0.3, -0.25) is 0 Å². The second kappa shape index (κ2) is 14.5. The number of hydrogen-bond donors (Lipinski definition) is 0. The zero-order valence-electron chi connectivity index (χ0n) is 27.4. The van der Waals surface area contributed by atoms with E-state index < -0.39 is 22.4 Å². The zero-order chi connectivity index (χ0) is 30.3. The van der Waals surface area contributed by atoms with E-state index in [-0.39, 0.29) is 17.2 Å². The number of hydrogen-bond acceptors (Lipinski definition) is 4. The normalized spacial score (nSPS) is 22.9. The Kier molecular flexibility index (Phi) is 11.5. The van der Waals surface area contributed by atoms with Gasteiger partial charge in [0.15, 0.2) is 14.1 Å². The predicted octanol–water partition coefficient (Wildman–Crippen LogP) is 8.22. The summed E-state index contributed by atoms with van der Waals surface area (Å²) >= 11 is 0. The molecule has 0 bridgehead atoms. The Balaban J connectivity index is 1.57. The van der Waals surface area contributed by atoms with Crippen LogP contribution in [0.1, 0.15) is 80.6 Å². The second-order valence-corrected chi connectivity index (χ2v) is 22.6. The molecule has 0 amide bonds. The van der Waals surface area contributed by atoms with Crippen LogP contribution in [0.5, 0.6) is 0 Å². The summed E-state index contributed by atoms with van der Waals surface area (Å²) < 4.78 is 27.3. The molecule has 4 nitrogen and oxygen atoms in total. The van der Waals surface area contributed by atoms with Crippen LogP contribution < -0.4 is 10.4 Å². The van der Waals surface area contributed by atoms with Gasteiger partial charge in [0.2, 0.25) is 0 Å². The van der Waals surface area contributed by atoms with Gasteiger partial charge in [0.1, 0.15) is 0 Å². The quantitative estimate of drug-likeness (QED) is 0.160. The summed E-state index contributed by atoms with van der Waals surface area (Å²) in [4.78, 5) is 0. The lowest BCUT2D eigenvalue weighted by Crippen LogP contribution is -2.66. The van der Waals surface area contributed by atoms with Gasteiger partial charge in [-0.2, -0.15) is 0 Å². The average Bonchev–Trinajstić information content (AvgIpc) is 3.38. The maximum absolute atomic E-state index is 7.34. The third kappa shape index (κ3) is 7.39. The van der Waals surface area contributed by atoms with E-state index in [1.807, 2.05) is 0 Å². The highest BCUT2D eigenvalue weighted by Crippen LogP contribution is 2.40. The average molecular weight is 609 g/mol. The number of ether oxygens (including phenoxy) is 2. The fourth-order valence-corrected chi connectivity index (χ4v) is 14.8. The largest absolute Gasteiger partial charge is 0.414 e.